The number of furan rings is 1. The van der Waals surface area contributed by atoms with Crippen LogP contribution in [-0.4, -0.2) is 52.7 Å². The van der Waals surface area contributed by atoms with Crippen LogP contribution in [0.3, 0.4) is 0 Å². The first-order valence-corrected chi connectivity index (χ1v) is 14.8. The molecule has 0 saturated heterocycles. The zero-order valence-corrected chi connectivity index (χ0v) is 25.0. The first-order chi connectivity index (χ1) is 21.1. The van der Waals surface area contributed by atoms with Crippen molar-refractivity contribution in [2.75, 3.05) is 29.9 Å². The van der Waals surface area contributed by atoms with Crippen molar-refractivity contribution in [3.8, 4) is 17.1 Å². The average Bonchev–Trinajstić information content (AvgIpc) is 3.49. The van der Waals surface area contributed by atoms with E-state index in [1.165, 1.54) is 56.6 Å². The molecule has 1 heterocycles. The Morgan fingerprint density at radius 3 is 2.23 bits per heavy atom. The van der Waals surface area contributed by atoms with E-state index in [2.05, 4.69) is 15.8 Å². The number of amides is 2. The Kier molecular flexibility index (Phi) is 10.1. The summed E-state index contributed by atoms with van der Waals surface area (Å²) in [7, 11) is -2.73. The molecule has 13 heteroatoms. The van der Waals surface area contributed by atoms with Gasteiger partial charge in [0.05, 0.1) is 36.1 Å². The molecule has 12 nitrogen and oxygen atoms in total. The number of hydrogen-bond acceptors (Lipinski definition) is 9. The van der Waals surface area contributed by atoms with Gasteiger partial charge in [0.25, 0.3) is 15.9 Å². The Morgan fingerprint density at radius 1 is 0.932 bits per heavy atom. The Hall–Kier alpha value is -5.43. The molecule has 0 fully saturated rings. The van der Waals surface area contributed by atoms with E-state index in [0.29, 0.717) is 34.1 Å². The van der Waals surface area contributed by atoms with Gasteiger partial charge in [-0.25, -0.2) is 18.6 Å². The number of anilines is 2. The number of benzene rings is 3. The molecule has 0 spiro atoms. The quantitative estimate of drug-likeness (QED) is 0.134. The third-order valence-electron chi connectivity index (χ3n) is 6.10. The molecule has 0 aliphatic carbocycles. The van der Waals surface area contributed by atoms with Crippen LogP contribution in [0, 0.1) is 0 Å². The van der Waals surface area contributed by atoms with Crippen molar-refractivity contribution in [2.45, 2.75) is 18.7 Å². The number of carbonyl (C=O) groups is 3. The van der Waals surface area contributed by atoms with E-state index < -0.39 is 28.4 Å². The molecule has 1 aromatic heterocycles. The van der Waals surface area contributed by atoms with Gasteiger partial charge in [-0.1, -0.05) is 12.1 Å². The molecule has 4 rings (SSSR count). The summed E-state index contributed by atoms with van der Waals surface area (Å²) in [6.45, 7) is 2.77. The maximum absolute atomic E-state index is 13.6. The lowest BCUT2D eigenvalue weighted by Crippen LogP contribution is -2.39. The van der Waals surface area contributed by atoms with Crippen molar-refractivity contribution in [3.05, 3.63) is 96.3 Å². The average molecular weight is 619 g/mol. The molecule has 0 unspecified atom stereocenters. The Bertz CT molecular complexity index is 1750. The van der Waals surface area contributed by atoms with Crippen LogP contribution in [-0.2, 0) is 24.3 Å². The third kappa shape index (κ3) is 7.89. The summed E-state index contributed by atoms with van der Waals surface area (Å²) >= 11 is 0. The second-order valence-corrected chi connectivity index (χ2v) is 11.1. The lowest BCUT2D eigenvalue weighted by molar-refractivity contribution is -0.119. The highest BCUT2D eigenvalue weighted by atomic mass is 32.2. The lowest BCUT2D eigenvalue weighted by Gasteiger charge is -2.24. The minimum Gasteiger partial charge on any atom is -0.497 e. The van der Waals surface area contributed by atoms with Crippen molar-refractivity contribution < 1.29 is 36.7 Å². The predicted molar refractivity (Wildman–Crippen MR) is 164 cm³/mol. The van der Waals surface area contributed by atoms with E-state index in [9.17, 15) is 22.8 Å². The number of sulfonamides is 1. The van der Waals surface area contributed by atoms with E-state index in [1.54, 1.807) is 55.5 Å². The van der Waals surface area contributed by atoms with Crippen LogP contribution in [0.5, 0.6) is 5.75 Å². The van der Waals surface area contributed by atoms with Crippen LogP contribution in [0.25, 0.3) is 11.3 Å². The van der Waals surface area contributed by atoms with Crippen LogP contribution in [0.4, 0.5) is 11.4 Å². The van der Waals surface area contributed by atoms with Crippen LogP contribution in [0.2, 0.25) is 0 Å². The van der Waals surface area contributed by atoms with Crippen LogP contribution in [0.1, 0.15) is 30.0 Å². The van der Waals surface area contributed by atoms with Gasteiger partial charge >= 0.3 is 5.97 Å². The third-order valence-corrected chi connectivity index (χ3v) is 7.89. The molecule has 0 aliphatic rings. The summed E-state index contributed by atoms with van der Waals surface area (Å²) in [5.74, 6) is -0.0824. The van der Waals surface area contributed by atoms with Crippen molar-refractivity contribution in [2.24, 2.45) is 5.10 Å². The predicted octanol–water partition coefficient (Wildman–Crippen LogP) is 4.44. The van der Waals surface area contributed by atoms with Gasteiger partial charge in [-0.15, -0.1) is 0 Å². The molecule has 0 radical (unpaired) electrons. The maximum atomic E-state index is 13.6. The maximum Gasteiger partial charge on any atom is 0.338 e. The number of ether oxygens (including phenoxy) is 2. The van der Waals surface area contributed by atoms with Crippen molar-refractivity contribution in [1.82, 2.24) is 5.43 Å². The van der Waals surface area contributed by atoms with Gasteiger partial charge in [0.1, 0.15) is 23.8 Å². The number of nitrogens with one attached hydrogen (secondary N) is 2. The molecule has 3 aromatic carbocycles. The lowest BCUT2D eigenvalue weighted by atomic mass is 10.1. The van der Waals surface area contributed by atoms with E-state index in [1.807, 2.05) is 0 Å². The molecule has 44 heavy (non-hydrogen) atoms. The summed E-state index contributed by atoms with van der Waals surface area (Å²) in [5.41, 5.74) is 4.11. The van der Waals surface area contributed by atoms with E-state index in [-0.39, 0.29) is 23.1 Å². The zero-order chi connectivity index (χ0) is 31.7. The molecular formula is C31H30N4O8S. The molecule has 228 valence electrons. The molecule has 0 aliphatic heterocycles. The van der Waals surface area contributed by atoms with Crippen LogP contribution < -0.4 is 19.8 Å². The van der Waals surface area contributed by atoms with Crippen molar-refractivity contribution in [1.29, 1.82) is 0 Å². The van der Waals surface area contributed by atoms with Gasteiger partial charge in [0.2, 0.25) is 5.91 Å². The van der Waals surface area contributed by atoms with Gasteiger partial charge < -0.3 is 19.2 Å². The highest BCUT2D eigenvalue weighted by molar-refractivity contribution is 7.92. The minimum atomic E-state index is -4.21. The van der Waals surface area contributed by atoms with Gasteiger partial charge in [-0.05, 0) is 79.7 Å². The van der Waals surface area contributed by atoms with E-state index >= 15 is 0 Å². The molecule has 2 N–H and O–H groups in total. The zero-order valence-electron chi connectivity index (χ0n) is 24.1. The Morgan fingerprint density at radius 2 is 1.61 bits per heavy atom. The fraction of sp³-hybridized carbons (Fsp3) is 0.161. The molecule has 0 atom stereocenters. The minimum absolute atomic E-state index is 0.0860. The SMILES string of the molecule is CCOC(=O)c1ccc(-c2ccc(C=NNC(=O)CN(c3ccc(OC)cc3)S(=O)(=O)c3ccc(NC(C)=O)cc3)o2)cc1. The number of esters is 1. The van der Waals surface area contributed by atoms with Crippen molar-refractivity contribution >= 4 is 45.4 Å². The monoisotopic (exact) mass is 618 g/mol. The first kappa shape index (κ1) is 31.5. The fourth-order valence-electron chi connectivity index (χ4n) is 4.00. The summed E-state index contributed by atoms with van der Waals surface area (Å²) in [5, 5.41) is 6.49. The summed E-state index contributed by atoms with van der Waals surface area (Å²) in [4.78, 5) is 36.0. The highest BCUT2D eigenvalue weighted by Crippen LogP contribution is 2.27. The number of carbonyl (C=O) groups excluding carboxylic acids is 3. The molecule has 0 bridgehead atoms. The second kappa shape index (κ2) is 14.2. The van der Waals surface area contributed by atoms with Gasteiger partial charge in [-0.3, -0.25) is 13.9 Å². The Balaban J connectivity index is 1.47. The summed E-state index contributed by atoms with van der Waals surface area (Å²) < 4.78 is 44.1. The summed E-state index contributed by atoms with van der Waals surface area (Å²) in [6.07, 6.45) is 1.28. The normalized spacial score (nSPS) is 11.2. The number of hydrazone groups is 1. The topological polar surface area (TPSA) is 157 Å². The summed E-state index contributed by atoms with van der Waals surface area (Å²) in [6, 6.07) is 21.8. The van der Waals surface area contributed by atoms with Crippen LogP contribution >= 0.6 is 0 Å². The Labute approximate surface area is 254 Å². The number of nitrogens with zero attached hydrogens (tertiary/aromatic N) is 2. The number of methoxy groups -OCH3 is 1. The van der Waals surface area contributed by atoms with Gasteiger partial charge in [0.15, 0.2) is 0 Å². The first-order valence-electron chi connectivity index (χ1n) is 13.3. The molecule has 0 saturated carbocycles. The highest BCUT2D eigenvalue weighted by Gasteiger charge is 2.27. The van der Waals surface area contributed by atoms with Gasteiger partial charge in [0, 0.05) is 18.2 Å². The molecule has 2 amide bonds. The largest absolute Gasteiger partial charge is 0.497 e. The molecule has 4 aromatic rings. The molecular weight excluding hydrogens is 588 g/mol. The van der Waals surface area contributed by atoms with E-state index in [0.717, 1.165) is 4.31 Å². The standard InChI is InChI=1S/C31H30N4O8S/c1-4-42-31(38)23-7-5-22(6-8-23)29-18-15-27(43-29)19-32-34-30(37)20-35(25-11-13-26(41-3)14-12-25)44(39,40)28-16-9-24(10-17-28)33-21(2)36/h5-19H,4,20H2,1-3H3,(H,33,36)(H,34,37). The number of hydrogen-bond donors (Lipinski definition) is 2. The van der Waals surface area contributed by atoms with Crippen LogP contribution in [0.15, 0.2) is 99.3 Å². The fourth-order valence-corrected chi connectivity index (χ4v) is 5.42. The van der Waals surface area contributed by atoms with Gasteiger partial charge in [-0.2, -0.15) is 5.10 Å². The second-order valence-electron chi connectivity index (χ2n) is 9.21. The van der Waals surface area contributed by atoms with Crippen molar-refractivity contribution in [3.63, 3.8) is 0 Å². The smallest absolute Gasteiger partial charge is 0.338 e. The number of rotatable bonds is 12. The van der Waals surface area contributed by atoms with E-state index in [4.69, 9.17) is 13.9 Å².